The summed E-state index contributed by atoms with van der Waals surface area (Å²) in [6, 6.07) is 2.09. The van der Waals surface area contributed by atoms with Crippen molar-refractivity contribution in [1.29, 1.82) is 5.41 Å². The molecule has 1 saturated heterocycles. The van der Waals surface area contributed by atoms with Crippen LogP contribution in [-0.2, 0) is 6.18 Å². The molecule has 21 heavy (non-hydrogen) atoms. The van der Waals surface area contributed by atoms with Crippen molar-refractivity contribution in [3.63, 3.8) is 0 Å². The second-order valence-electron chi connectivity index (χ2n) is 5.14. The molecule has 116 valence electrons. The summed E-state index contributed by atoms with van der Waals surface area (Å²) in [6.07, 6.45) is -4.51. The highest BCUT2D eigenvalue weighted by molar-refractivity contribution is 8.00. The van der Waals surface area contributed by atoms with E-state index in [0.29, 0.717) is 13.1 Å². The maximum atomic E-state index is 12.9. The van der Waals surface area contributed by atoms with Gasteiger partial charge in [-0.2, -0.15) is 24.9 Å². The third-order valence-electron chi connectivity index (χ3n) is 3.17. The number of halogens is 3. The predicted molar refractivity (Wildman–Crippen MR) is 79.0 cm³/mol. The number of nitrogens with two attached hydrogens (primary N) is 1. The second-order valence-corrected chi connectivity index (χ2v) is 7.02. The van der Waals surface area contributed by atoms with Crippen molar-refractivity contribution in [2.75, 3.05) is 18.0 Å². The molecule has 0 spiro atoms. The number of hydrogen-bond donors (Lipinski definition) is 2. The molecule has 2 unspecified atom stereocenters. The average Bonchev–Trinajstić information content (AvgIpc) is 2.35. The minimum Gasteiger partial charge on any atom is -0.384 e. The first-order valence-electron chi connectivity index (χ1n) is 6.51. The highest BCUT2D eigenvalue weighted by atomic mass is 32.2. The van der Waals surface area contributed by atoms with E-state index in [4.69, 9.17) is 11.1 Å². The number of alkyl halides is 3. The average molecular weight is 318 g/mol. The van der Waals surface area contributed by atoms with Crippen molar-refractivity contribution in [3.05, 3.63) is 23.4 Å². The monoisotopic (exact) mass is 318 g/mol. The van der Waals surface area contributed by atoms with Gasteiger partial charge in [-0.3, -0.25) is 5.41 Å². The first-order valence-corrected chi connectivity index (χ1v) is 7.45. The van der Waals surface area contributed by atoms with Crippen molar-refractivity contribution >= 4 is 23.4 Å². The van der Waals surface area contributed by atoms with Crippen LogP contribution in [0, 0.1) is 5.41 Å². The van der Waals surface area contributed by atoms with Crippen molar-refractivity contribution in [1.82, 2.24) is 4.98 Å². The Morgan fingerprint density at radius 2 is 1.90 bits per heavy atom. The zero-order valence-electron chi connectivity index (χ0n) is 11.7. The smallest absolute Gasteiger partial charge is 0.384 e. The van der Waals surface area contributed by atoms with Crippen LogP contribution in [0.2, 0.25) is 0 Å². The van der Waals surface area contributed by atoms with Crippen LogP contribution in [-0.4, -0.2) is 34.4 Å². The lowest BCUT2D eigenvalue weighted by Crippen LogP contribution is -2.42. The lowest BCUT2D eigenvalue weighted by molar-refractivity contribution is -0.141. The molecule has 0 amide bonds. The molecule has 4 nitrogen and oxygen atoms in total. The number of aromatic nitrogens is 1. The molecular weight excluding hydrogens is 301 g/mol. The Hall–Kier alpha value is -1.44. The van der Waals surface area contributed by atoms with Gasteiger partial charge in [-0.05, 0) is 12.1 Å². The van der Waals surface area contributed by atoms with E-state index in [1.165, 1.54) is 6.07 Å². The maximum absolute atomic E-state index is 12.9. The van der Waals surface area contributed by atoms with E-state index >= 15 is 0 Å². The molecule has 1 aliphatic rings. The molecule has 1 aromatic heterocycles. The fourth-order valence-corrected chi connectivity index (χ4v) is 3.73. The molecule has 0 radical (unpaired) electrons. The minimum atomic E-state index is -4.51. The summed E-state index contributed by atoms with van der Waals surface area (Å²) in [5.41, 5.74) is 4.77. The molecule has 2 heterocycles. The van der Waals surface area contributed by atoms with E-state index in [9.17, 15) is 13.2 Å². The quantitative estimate of drug-likeness (QED) is 0.650. The molecule has 8 heteroatoms. The van der Waals surface area contributed by atoms with Crippen LogP contribution in [0.15, 0.2) is 12.1 Å². The minimum absolute atomic E-state index is 0.149. The van der Waals surface area contributed by atoms with Gasteiger partial charge in [0, 0.05) is 23.6 Å². The van der Waals surface area contributed by atoms with E-state index in [0.717, 1.165) is 6.07 Å². The number of nitrogens with zero attached hydrogens (tertiary/aromatic N) is 2. The number of rotatable bonds is 2. The van der Waals surface area contributed by atoms with Crippen LogP contribution in [0.3, 0.4) is 0 Å². The largest absolute Gasteiger partial charge is 0.433 e. The fourth-order valence-electron chi connectivity index (χ4n) is 2.41. The summed E-state index contributed by atoms with van der Waals surface area (Å²) in [7, 11) is 0. The van der Waals surface area contributed by atoms with Crippen LogP contribution < -0.4 is 10.6 Å². The van der Waals surface area contributed by atoms with E-state index in [1.807, 2.05) is 13.8 Å². The third kappa shape index (κ3) is 3.61. The summed E-state index contributed by atoms with van der Waals surface area (Å²) in [4.78, 5) is 5.52. The first kappa shape index (κ1) is 15.9. The Bertz CT molecular complexity index is 537. The summed E-state index contributed by atoms with van der Waals surface area (Å²) in [6.45, 7) is 5.22. The Labute approximate surface area is 125 Å². The standard InChI is InChI=1S/C13H17F3N4S/c1-7-5-20(6-8(2)21-7)12-9(11(17)18)3-4-10(19-12)13(14,15)16/h3-4,7-8H,5-6H2,1-2H3,(H3,17,18). The van der Waals surface area contributed by atoms with Gasteiger partial charge in [0.15, 0.2) is 0 Å². The molecule has 1 aromatic rings. The van der Waals surface area contributed by atoms with Gasteiger partial charge < -0.3 is 10.6 Å². The number of pyridine rings is 1. The Balaban J connectivity index is 2.45. The maximum Gasteiger partial charge on any atom is 0.433 e. The van der Waals surface area contributed by atoms with E-state index in [1.54, 1.807) is 16.7 Å². The van der Waals surface area contributed by atoms with Crippen LogP contribution in [0.4, 0.5) is 19.0 Å². The van der Waals surface area contributed by atoms with E-state index < -0.39 is 11.9 Å². The normalized spacial score (nSPS) is 23.2. The lowest BCUT2D eigenvalue weighted by Gasteiger charge is -2.36. The van der Waals surface area contributed by atoms with Gasteiger partial charge in [0.2, 0.25) is 0 Å². The molecule has 2 atom stereocenters. The summed E-state index contributed by atoms with van der Waals surface area (Å²) < 4.78 is 38.6. The SMILES string of the molecule is CC1CN(c2nc(C(F)(F)F)ccc2C(=N)N)CC(C)S1. The topological polar surface area (TPSA) is 66.0 Å². The number of amidine groups is 1. The van der Waals surface area contributed by atoms with Gasteiger partial charge >= 0.3 is 6.18 Å². The van der Waals surface area contributed by atoms with Crippen molar-refractivity contribution in [2.45, 2.75) is 30.5 Å². The molecule has 0 aromatic carbocycles. The third-order valence-corrected chi connectivity index (χ3v) is 4.40. The summed E-state index contributed by atoms with van der Waals surface area (Å²) >= 11 is 1.79. The van der Waals surface area contributed by atoms with Gasteiger partial charge in [-0.25, -0.2) is 4.98 Å². The fraction of sp³-hybridized carbons (Fsp3) is 0.538. The summed E-state index contributed by atoms with van der Waals surface area (Å²) in [5.74, 6) is -0.124. The predicted octanol–water partition coefficient (Wildman–Crippen LogP) is 2.71. The molecule has 1 aliphatic heterocycles. The van der Waals surface area contributed by atoms with Crippen molar-refractivity contribution in [3.8, 4) is 0 Å². The lowest BCUT2D eigenvalue weighted by atomic mass is 10.2. The molecule has 0 saturated carbocycles. The zero-order valence-corrected chi connectivity index (χ0v) is 12.6. The van der Waals surface area contributed by atoms with Gasteiger partial charge in [0.25, 0.3) is 0 Å². The molecule has 0 aliphatic carbocycles. The number of nitrogen functional groups attached to an aromatic ring is 1. The number of anilines is 1. The highest BCUT2D eigenvalue weighted by Crippen LogP contribution is 2.33. The zero-order chi connectivity index (χ0) is 15.8. The number of hydrogen-bond acceptors (Lipinski definition) is 4. The first-order chi connectivity index (χ1) is 9.68. The van der Waals surface area contributed by atoms with E-state index in [2.05, 4.69) is 4.98 Å². The van der Waals surface area contributed by atoms with Crippen LogP contribution in [0.25, 0.3) is 0 Å². The van der Waals surface area contributed by atoms with Gasteiger partial charge in [-0.15, -0.1) is 0 Å². The number of nitrogens with one attached hydrogen (secondary N) is 1. The molecular formula is C13H17F3N4S. The molecule has 1 fully saturated rings. The Morgan fingerprint density at radius 1 is 1.33 bits per heavy atom. The van der Waals surface area contributed by atoms with Crippen LogP contribution in [0.5, 0.6) is 0 Å². The van der Waals surface area contributed by atoms with Crippen molar-refractivity contribution in [2.24, 2.45) is 5.73 Å². The van der Waals surface area contributed by atoms with Crippen molar-refractivity contribution < 1.29 is 13.2 Å². The summed E-state index contributed by atoms with van der Waals surface area (Å²) in [5, 5.41) is 8.11. The highest BCUT2D eigenvalue weighted by Gasteiger charge is 2.34. The Kier molecular flexibility index (Phi) is 4.36. The molecule has 2 rings (SSSR count). The molecule has 3 N–H and O–H groups in total. The van der Waals surface area contributed by atoms with Crippen LogP contribution >= 0.6 is 11.8 Å². The van der Waals surface area contributed by atoms with Gasteiger partial charge in [0.1, 0.15) is 17.3 Å². The Morgan fingerprint density at radius 3 is 2.38 bits per heavy atom. The van der Waals surface area contributed by atoms with E-state index in [-0.39, 0.29) is 27.7 Å². The number of thioether (sulfide) groups is 1. The van der Waals surface area contributed by atoms with Crippen LogP contribution in [0.1, 0.15) is 25.1 Å². The molecule has 0 bridgehead atoms. The van der Waals surface area contributed by atoms with Gasteiger partial charge in [0.05, 0.1) is 5.56 Å². The second kappa shape index (κ2) is 5.75. The van der Waals surface area contributed by atoms with Gasteiger partial charge in [-0.1, -0.05) is 13.8 Å².